The predicted octanol–water partition coefficient (Wildman–Crippen LogP) is 2.25. The highest BCUT2D eigenvalue weighted by molar-refractivity contribution is 7.90. The van der Waals surface area contributed by atoms with E-state index in [0.717, 1.165) is 20.6 Å². The van der Waals surface area contributed by atoms with Gasteiger partial charge >= 0.3 is 10.2 Å². The topological polar surface area (TPSA) is 99.3 Å². The zero-order valence-corrected chi connectivity index (χ0v) is 21.2. The van der Waals surface area contributed by atoms with E-state index in [1.165, 1.54) is 19.0 Å². The van der Waals surface area contributed by atoms with Crippen LogP contribution in [-0.4, -0.2) is 69.8 Å². The van der Waals surface area contributed by atoms with E-state index in [9.17, 15) is 18.0 Å². The lowest BCUT2D eigenvalue weighted by Gasteiger charge is -2.32. The monoisotopic (exact) mass is 490 g/mol. The summed E-state index contributed by atoms with van der Waals surface area (Å²) in [5.41, 5.74) is 1.11. The average Bonchev–Trinajstić information content (AvgIpc) is 2.84. The van der Waals surface area contributed by atoms with Crippen LogP contribution in [0.5, 0.6) is 5.75 Å². The third-order valence-corrected chi connectivity index (χ3v) is 7.09. The standard InChI is InChI=1S/C24H34N4O5S/c1-6-15-25-24(30)19(2)27(17-20-11-10-14-22(16-20)33-5)23(29)18-28(34(31,32)26(3)4)21-12-8-7-9-13-21/h7-14,16,19H,6,15,17-18H2,1-5H3,(H,25,30)/t19-/m1/s1. The number of rotatable bonds is 12. The summed E-state index contributed by atoms with van der Waals surface area (Å²) in [4.78, 5) is 27.7. The van der Waals surface area contributed by atoms with Crippen molar-refractivity contribution in [1.29, 1.82) is 0 Å². The van der Waals surface area contributed by atoms with Crippen molar-refractivity contribution >= 4 is 27.7 Å². The van der Waals surface area contributed by atoms with Gasteiger partial charge in [-0.3, -0.25) is 9.59 Å². The Morgan fingerprint density at radius 3 is 2.32 bits per heavy atom. The number of carbonyl (C=O) groups is 2. The maximum Gasteiger partial charge on any atom is 0.304 e. The van der Waals surface area contributed by atoms with Crippen molar-refractivity contribution in [1.82, 2.24) is 14.5 Å². The number of methoxy groups -OCH3 is 1. The zero-order valence-electron chi connectivity index (χ0n) is 20.4. The Morgan fingerprint density at radius 1 is 1.06 bits per heavy atom. The Bertz CT molecular complexity index is 1060. The number of anilines is 1. The Hall–Kier alpha value is -3.11. The molecule has 2 rings (SSSR count). The summed E-state index contributed by atoms with van der Waals surface area (Å²) in [6.07, 6.45) is 0.755. The van der Waals surface area contributed by atoms with Gasteiger partial charge in [-0.25, -0.2) is 4.31 Å². The first kappa shape index (κ1) is 27.1. The van der Waals surface area contributed by atoms with Gasteiger partial charge < -0.3 is 15.0 Å². The Labute approximate surface area is 202 Å². The van der Waals surface area contributed by atoms with Gasteiger partial charge in [0.15, 0.2) is 0 Å². The summed E-state index contributed by atoms with van der Waals surface area (Å²) in [6, 6.07) is 14.8. The highest BCUT2D eigenvalue weighted by Gasteiger charge is 2.32. The number of hydrogen-bond donors (Lipinski definition) is 1. The van der Waals surface area contributed by atoms with Crippen molar-refractivity contribution in [3.8, 4) is 5.75 Å². The minimum Gasteiger partial charge on any atom is -0.497 e. The van der Waals surface area contributed by atoms with Gasteiger partial charge in [0.2, 0.25) is 11.8 Å². The molecule has 0 unspecified atom stereocenters. The van der Waals surface area contributed by atoms with Crippen molar-refractivity contribution in [2.45, 2.75) is 32.9 Å². The minimum atomic E-state index is -3.97. The average molecular weight is 491 g/mol. The lowest BCUT2D eigenvalue weighted by Crippen LogP contribution is -2.52. The molecule has 0 saturated heterocycles. The number of ether oxygens (including phenoxy) is 1. The summed E-state index contributed by atoms with van der Waals surface area (Å²) < 4.78 is 33.5. The smallest absolute Gasteiger partial charge is 0.304 e. The molecule has 0 bridgehead atoms. The number of benzene rings is 2. The molecule has 0 aliphatic rings. The molecule has 2 aromatic rings. The SMILES string of the molecule is CCCNC(=O)[C@@H](C)N(Cc1cccc(OC)c1)C(=O)CN(c1ccccc1)S(=O)(=O)N(C)C. The van der Waals surface area contributed by atoms with E-state index >= 15 is 0 Å². The van der Waals surface area contributed by atoms with Crippen molar-refractivity contribution in [3.05, 3.63) is 60.2 Å². The lowest BCUT2D eigenvalue weighted by atomic mass is 10.1. The summed E-state index contributed by atoms with van der Waals surface area (Å²) in [5, 5.41) is 2.81. The van der Waals surface area contributed by atoms with Crippen LogP contribution in [0, 0.1) is 0 Å². The quantitative estimate of drug-likeness (QED) is 0.492. The highest BCUT2D eigenvalue weighted by atomic mass is 32.2. The predicted molar refractivity (Wildman–Crippen MR) is 133 cm³/mol. The zero-order chi connectivity index (χ0) is 25.3. The summed E-state index contributed by atoms with van der Waals surface area (Å²) in [7, 11) is 0.397. The van der Waals surface area contributed by atoms with Crippen LogP contribution in [0.1, 0.15) is 25.8 Å². The van der Waals surface area contributed by atoms with Gasteiger partial charge in [-0.05, 0) is 43.2 Å². The van der Waals surface area contributed by atoms with Gasteiger partial charge in [0.1, 0.15) is 18.3 Å². The lowest BCUT2D eigenvalue weighted by molar-refractivity contribution is -0.139. The fourth-order valence-corrected chi connectivity index (χ4v) is 4.31. The van der Waals surface area contributed by atoms with Crippen molar-refractivity contribution in [2.75, 3.05) is 38.6 Å². The normalized spacial score (nSPS) is 12.2. The van der Waals surface area contributed by atoms with Gasteiger partial charge in [0.25, 0.3) is 0 Å². The van der Waals surface area contributed by atoms with Crippen LogP contribution in [-0.2, 0) is 26.3 Å². The summed E-state index contributed by atoms with van der Waals surface area (Å²) in [5.74, 6) is -0.190. The largest absolute Gasteiger partial charge is 0.497 e. The van der Waals surface area contributed by atoms with Crippen molar-refractivity contribution in [2.24, 2.45) is 0 Å². The fraction of sp³-hybridized carbons (Fsp3) is 0.417. The molecule has 0 radical (unpaired) electrons. The second-order valence-corrected chi connectivity index (χ2v) is 10.0. The molecule has 0 saturated carbocycles. The molecule has 186 valence electrons. The molecule has 1 atom stereocenters. The number of hydrogen-bond acceptors (Lipinski definition) is 5. The molecule has 9 nitrogen and oxygen atoms in total. The molecule has 2 amide bonds. The molecular weight excluding hydrogens is 456 g/mol. The molecule has 0 aliphatic heterocycles. The van der Waals surface area contributed by atoms with E-state index in [1.54, 1.807) is 62.6 Å². The first-order chi connectivity index (χ1) is 16.1. The molecule has 0 heterocycles. The molecule has 2 aromatic carbocycles. The van der Waals surface area contributed by atoms with E-state index in [2.05, 4.69) is 5.32 Å². The van der Waals surface area contributed by atoms with Crippen molar-refractivity contribution in [3.63, 3.8) is 0 Å². The number of nitrogens with one attached hydrogen (secondary N) is 1. The van der Waals surface area contributed by atoms with Crippen LogP contribution >= 0.6 is 0 Å². The van der Waals surface area contributed by atoms with E-state index in [-0.39, 0.29) is 12.5 Å². The Balaban J connectivity index is 2.42. The van der Waals surface area contributed by atoms with Crippen LogP contribution < -0.4 is 14.4 Å². The Kier molecular flexibility index (Phi) is 9.88. The summed E-state index contributed by atoms with van der Waals surface area (Å²) in [6.45, 7) is 3.71. The first-order valence-electron chi connectivity index (χ1n) is 11.1. The maximum atomic E-state index is 13.6. The molecule has 0 aromatic heterocycles. The molecule has 0 fully saturated rings. The third kappa shape index (κ3) is 6.94. The van der Waals surface area contributed by atoms with Gasteiger partial charge in [-0.15, -0.1) is 0 Å². The number of amides is 2. The molecule has 0 spiro atoms. The maximum absolute atomic E-state index is 13.6. The van der Waals surface area contributed by atoms with Crippen molar-refractivity contribution < 1.29 is 22.7 Å². The number of nitrogens with zero attached hydrogens (tertiary/aromatic N) is 3. The molecule has 1 N–H and O–H groups in total. The van der Waals surface area contributed by atoms with E-state index < -0.39 is 28.7 Å². The van der Waals surface area contributed by atoms with Crippen LogP contribution in [0.15, 0.2) is 54.6 Å². The van der Waals surface area contributed by atoms with Gasteiger partial charge in [0, 0.05) is 27.2 Å². The number of para-hydroxylation sites is 1. The first-order valence-corrected chi connectivity index (χ1v) is 12.5. The van der Waals surface area contributed by atoms with E-state index in [1.807, 2.05) is 13.0 Å². The summed E-state index contributed by atoms with van der Waals surface area (Å²) >= 11 is 0. The van der Waals surface area contributed by atoms with Crippen LogP contribution in [0.4, 0.5) is 5.69 Å². The Morgan fingerprint density at radius 2 is 1.74 bits per heavy atom. The fourth-order valence-electron chi connectivity index (χ4n) is 3.26. The van der Waals surface area contributed by atoms with Crippen LogP contribution in [0.3, 0.4) is 0 Å². The van der Waals surface area contributed by atoms with Gasteiger partial charge in [0.05, 0.1) is 12.8 Å². The van der Waals surface area contributed by atoms with E-state index in [4.69, 9.17) is 4.74 Å². The molecule has 34 heavy (non-hydrogen) atoms. The third-order valence-electron chi connectivity index (χ3n) is 5.27. The second kappa shape index (κ2) is 12.4. The van der Waals surface area contributed by atoms with Gasteiger partial charge in [-0.1, -0.05) is 37.3 Å². The van der Waals surface area contributed by atoms with Gasteiger partial charge in [-0.2, -0.15) is 12.7 Å². The molecular formula is C24H34N4O5S. The highest BCUT2D eigenvalue weighted by Crippen LogP contribution is 2.21. The van der Waals surface area contributed by atoms with Crippen LogP contribution in [0.2, 0.25) is 0 Å². The molecule has 10 heteroatoms. The van der Waals surface area contributed by atoms with Crippen LogP contribution in [0.25, 0.3) is 0 Å². The second-order valence-electron chi connectivity index (χ2n) is 7.97. The minimum absolute atomic E-state index is 0.112. The number of carbonyl (C=O) groups excluding carboxylic acids is 2. The molecule has 0 aliphatic carbocycles. The van der Waals surface area contributed by atoms with E-state index in [0.29, 0.717) is 18.0 Å².